The average molecular weight is 407 g/mol. The van der Waals surface area contributed by atoms with Gasteiger partial charge in [-0.15, -0.1) is 11.3 Å². The number of thiophene rings is 1. The van der Waals surface area contributed by atoms with E-state index in [0.29, 0.717) is 4.47 Å². The molecule has 5 heteroatoms. The minimum absolute atomic E-state index is 0.127. The van der Waals surface area contributed by atoms with E-state index in [9.17, 15) is 4.39 Å². The number of nitrogens with one attached hydrogen (secondary N) is 1. The van der Waals surface area contributed by atoms with Crippen molar-refractivity contribution in [2.45, 2.75) is 19.4 Å². The highest BCUT2D eigenvalue weighted by Gasteiger charge is 2.15. The van der Waals surface area contributed by atoms with Crippen LogP contribution < -0.4 is 5.32 Å². The molecule has 0 bridgehead atoms. The summed E-state index contributed by atoms with van der Waals surface area (Å²) >= 11 is 8.45. The smallest absolute Gasteiger partial charge is 0.137 e. The minimum Gasteiger partial charge on any atom is -0.310 e. The van der Waals surface area contributed by atoms with Crippen LogP contribution in [-0.4, -0.2) is 6.54 Å². The highest BCUT2D eigenvalue weighted by Crippen LogP contribution is 2.29. The zero-order chi connectivity index (χ0) is 13.8. The Hall–Kier alpha value is -0.230. The van der Waals surface area contributed by atoms with E-state index in [2.05, 4.69) is 49.5 Å². The molecule has 1 nitrogen and oxygen atoms in total. The molecule has 0 aliphatic carbocycles. The molecule has 0 fully saturated rings. The van der Waals surface area contributed by atoms with Crippen molar-refractivity contribution >= 4 is 43.2 Å². The normalized spacial score (nSPS) is 12.6. The molecule has 102 valence electrons. The quantitative estimate of drug-likeness (QED) is 0.709. The largest absolute Gasteiger partial charge is 0.310 e. The molecular formula is C14H14Br2FNS. The van der Waals surface area contributed by atoms with E-state index in [1.807, 2.05) is 12.1 Å². The molecule has 1 atom stereocenters. The maximum atomic E-state index is 13.7. The maximum absolute atomic E-state index is 13.7. The first-order valence-electron chi connectivity index (χ1n) is 6.02. The molecule has 0 saturated carbocycles. The highest BCUT2D eigenvalue weighted by atomic mass is 79.9. The van der Waals surface area contributed by atoms with E-state index in [-0.39, 0.29) is 11.9 Å². The summed E-state index contributed by atoms with van der Waals surface area (Å²) in [5.74, 6) is -0.217. The standard InChI is InChI=1S/C14H14Br2FNS/c1-2-18-13(8-14-11(16)5-6-19-14)9-3-4-10(15)12(17)7-9/h3-7,13,18H,2,8H2,1H3. The fourth-order valence-corrected chi connectivity index (χ4v) is 3.75. The van der Waals surface area contributed by atoms with Gasteiger partial charge < -0.3 is 5.32 Å². The van der Waals surface area contributed by atoms with Gasteiger partial charge in [0.1, 0.15) is 5.82 Å². The number of rotatable bonds is 5. The Bertz CT molecular complexity index is 556. The van der Waals surface area contributed by atoms with Crippen LogP contribution in [0.15, 0.2) is 38.6 Å². The van der Waals surface area contributed by atoms with Crippen LogP contribution in [0, 0.1) is 5.82 Å². The van der Waals surface area contributed by atoms with Gasteiger partial charge in [0.25, 0.3) is 0 Å². The topological polar surface area (TPSA) is 12.0 Å². The van der Waals surface area contributed by atoms with Crippen molar-refractivity contribution in [2.24, 2.45) is 0 Å². The Balaban J connectivity index is 2.24. The lowest BCUT2D eigenvalue weighted by molar-refractivity contribution is 0.544. The Kier molecular flexibility index (Phi) is 5.57. The van der Waals surface area contributed by atoms with Crippen LogP contribution in [0.3, 0.4) is 0 Å². The van der Waals surface area contributed by atoms with Crippen LogP contribution in [0.1, 0.15) is 23.4 Å². The first-order valence-corrected chi connectivity index (χ1v) is 8.48. The van der Waals surface area contributed by atoms with Crippen LogP contribution in [-0.2, 0) is 6.42 Å². The first-order chi connectivity index (χ1) is 9.11. The SMILES string of the molecule is CCNC(Cc1sccc1Br)c1ccc(Br)c(F)c1. The molecule has 2 aromatic rings. The molecule has 2 rings (SSSR count). The van der Waals surface area contributed by atoms with Crippen molar-refractivity contribution in [3.8, 4) is 0 Å². The summed E-state index contributed by atoms with van der Waals surface area (Å²) < 4.78 is 15.3. The Labute approximate surface area is 133 Å². The molecule has 19 heavy (non-hydrogen) atoms. The van der Waals surface area contributed by atoms with E-state index in [1.165, 1.54) is 4.88 Å². The van der Waals surface area contributed by atoms with Gasteiger partial charge in [-0.05, 0) is 67.5 Å². The van der Waals surface area contributed by atoms with Gasteiger partial charge in [0.15, 0.2) is 0 Å². The van der Waals surface area contributed by atoms with Crippen LogP contribution >= 0.6 is 43.2 Å². The Morgan fingerprint density at radius 1 is 1.26 bits per heavy atom. The predicted molar refractivity (Wildman–Crippen MR) is 86.2 cm³/mol. The zero-order valence-electron chi connectivity index (χ0n) is 10.4. The second kappa shape index (κ2) is 6.97. The lowest BCUT2D eigenvalue weighted by atomic mass is 10.0. The van der Waals surface area contributed by atoms with Crippen LogP contribution in [0.5, 0.6) is 0 Å². The third-order valence-corrected chi connectivity index (χ3v) is 5.47. The number of hydrogen-bond acceptors (Lipinski definition) is 2. The third-order valence-electron chi connectivity index (χ3n) is 2.88. The van der Waals surface area contributed by atoms with E-state index in [0.717, 1.165) is 23.0 Å². The van der Waals surface area contributed by atoms with E-state index >= 15 is 0 Å². The average Bonchev–Trinajstić information content (AvgIpc) is 2.78. The van der Waals surface area contributed by atoms with Gasteiger partial charge in [0.2, 0.25) is 0 Å². The maximum Gasteiger partial charge on any atom is 0.137 e. The van der Waals surface area contributed by atoms with Gasteiger partial charge in [0.05, 0.1) is 4.47 Å². The Morgan fingerprint density at radius 3 is 2.63 bits per heavy atom. The number of likely N-dealkylation sites (N-methyl/N-ethyl adjacent to an activating group) is 1. The number of hydrogen-bond donors (Lipinski definition) is 1. The molecule has 0 saturated heterocycles. The summed E-state index contributed by atoms with van der Waals surface area (Å²) in [4.78, 5) is 1.27. The van der Waals surface area contributed by atoms with Gasteiger partial charge in [-0.1, -0.05) is 13.0 Å². The lowest BCUT2D eigenvalue weighted by Crippen LogP contribution is -2.22. The summed E-state index contributed by atoms with van der Waals surface area (Å²) in [6.45, 7) is 2.91. The van der Waals surface area contributed by atoms with Crippen molar-refractivity contribution in [3.63, 3.8) is 0 Å². The van der Waals surface area contributed by atoms with Crippen LogP contribution in [0.25, 0.3) is 0 Å². The van der Waals surface area contributed by atoms with Gasteiger partial charge in [0, 0.05) is 21.8 Å². The molecule has 0 aliphatic rings. The summed E-state index contributed by atoms with van der Waals surface area (Å²) in [6, 6.07) is 7.49. The summed E-state index contributed by atoms with van der Waals surface area (Å²) in [6.07, 6.45) is 0.854. The summed E-state index contributed by atoms with van der Waals surface area (Å²) in [5, 5.41) is 5.48. The minimum atomic E-state index is -0.217. The molecule has 1 N–H and O–H groups in total. The molecule has 0 radical (unpaired) electrons. The molecule has 0 spiro atoms. The predicted octanol–water partition coefficient (Wildman–Crippen LogP) is 5.31. The van der Waals surface area contributed by atoms with Crippen molar-refractivity contribution in [2.75, 3.05) is 6.54 Å². The highest BCUT2D eigenvalue weighted by molar-refractivity contribution is 9.10. The third kappa shape index (κ3) is 3.88. The number of benzene rings is 1. The molecule has 1 heterocycles. The van der Waals surface area contributed by atoms with Gasteiger partial charge >= 0.3 is 0 Å². The van der Waals surface area contributed by atoms with Crippen molar-refractivity contribution in [1.29, 1.82) is 0 Å². The molecule has 1 aromatic carbocycles. The molecule has 1 unspecified atom stereocenters. The Morgan fingerprint density at radius 2 is 2.05 bits per heavy atom. The van der Waals surface area contributed by atoms with E-state index in [1.54, 1.807) is 23.5 Å². The molecular weight excluding hydrogens is 393 g/mol. The van der Waals surface area contributed by atoms with E-state index in [4.69, 9.17) is 0 Å². The monoisotopic (exact) mass is 405 g/mol. The lowest BCUT2D eigenvalue weighted by Gasteiger charge is -2.18. The van der Waals surface area contributed by atoms with Gasteiger partial charge in [-0.2, -0.15) is 0 Å². The summed E-state index contributed by atoms with van der Waals surface area (Å²) in [5.41, 5.74) is 0.975. The second-order valence-corrected chi connectivity index (χ2v) is 6.89. The fraction of sp³-hybridized carbons (Fsp3) is 0.286. The fourth-order valence-electron chi connectivity index (χ4n) is 1.94. The van der Waals surface area contributed by atoms with Crippen molar-refractivity contribution in [1.82, 2.24) is 5.32 Å². The van der Waals surface area contributed by atoms with Crippen molar-refractivity contribution < 1.29 is 4.39 Å². The van der Waals surface area contributed by atoms with Gasteiger partial charge in [-0.25, -0.2) is 4.39 Å². The van der Waals surface area contributed by atoms with Crippen LogP contribution in [0.2, 0.25) is 0 Å². The number of halogens is 3. The van der Waals surface area contributed by atoms with Crippen molar-refractivity contribution in [3.05, 3.63) is 54.8 Å². The summed E-state index contributed by atoms with van der Waals surface area (Å²) in [7, 11) is 0. The molecule has 0 amide bonds. The zero-order valence-corrected chi connectivity index (χ0v) is 14.4. The molecule has 1 aromatic heterocycles. The van der Waals surface area contributed by atoms with Crippen LogP contribution in [0.4, 0.5) is 4.39 Å². The first kappa shape index (κ1) is 15.2. The molecule has 0 aliphatic heterocycles. The second-order valence-electron chi connectivity index (χ2n) is 4.18. The van der Waals surface area contributed by atoms with Gasteiger partial charge in [-0.3, -0.25) is 0 Å². The van der Waals surface area contributed by atoms with E-state index < -0.39 is 0 Å².